The van der Waals surface area contributed by atoms with Crippen molar-refractivity contribution >= 4 is 33.3 Å². The summed E-state index contributed by atoms with van der Waals surface area (Å²) in [5.74, 6) is -1.30. The van der Waals surface area contributed by atoms with Crippen molar-refractivity contribution in [2.24, 2.45) is 5.10 Å². The van der Waals surface area contributed by atoms with Crippen molar-refractivity contribution in [2.45, 2.75) is 31.4 Å². The summed E-state index contributed by atoms with van der Waals surface area (Å²) in [5.41, 5.74) is 4.89. The highest BCUT2D eigenvalue weighted by molar-refractivity contribution is 7.91. The standard InChI is InChI=1S/C13H16ClF2N5O4S/c1-6(2)21-13(18-19-20-21)17-11(22)7-4-5-8(25-12(15)16)10(9(7)14)26(3,23)24/h4-6,12,19-20H,1-3H3,(H,17,18,22). The largest absolute Gasteiger partial charge is 0.433 e. The molecule has 0 saturated heterocycles. The van der Waals surface area contributed by atoms with Gasteiger partial charge in [-0.3, -0.25) is 15.1 Å². The molecule has 1 amide bonds. The molecule has 0 fully saturated rings. The van der Waals surface area contributed by atoms with Crippen LogP contribution in [-0.4, -0.2) is 44.2 Å². The minimum absolute atomic E-state index is 0.0760. The van der Waals surface area contributed by atoms with Crippen LogP contribution in [0.3, 0.4) is 0 Å². The smallest absolute Gasteiger partial charge is 0.387 e. The molecular formula is C13H16ClF2N5O4S. The van der Waals surface area contributed by atoms with E-state index in [0.717, 1.165) is 18.4 Å². The van der Waals surface area contributed by atoms with Crippen LogP contribution < -0.4 is 21.1 Å². The predicted octanol–water partition coefficient (Wildman–Crippen LogP) is 1.08. The zero-order chi connectivity index (χ0) is 19.6. The number of hydrogen-bond donors (Lipinski definition) is 3. The highest BCUT2D eigenvalue weighted by Crippen LogP contribution is 2.35. The van der Waals surface area contributed by atoms with E-state index in [1.807, 2.05) is 13.8 Å². The monoisotopic (exact) mass is 411 g/mol. The molecule has 0 atom stereocenters. The van der Waals surface area contributed by atoms with Crippen LogP contribution in [0.4, 0.5) is 8.78 Å². The quantitative estimate of drug-likeness (QED) is 0.664. The third-order valence-corrected chi connectivity index (χ3v) is 4.85. The van der Waals surface area contributed by atoms with Gasteiger partial charge >= 0.3 is 6.61 Å². The fraction of sp³-hybridized carbons (Fsp3) is 0.385. The predicted molar refractivity (Wildman–Crippen MR) is 89.3 cm³/mol. The Morgan fingerprint density at radius 1 is 1.38 bits per heavy atom. The molecule has 1 aromatic carbocycles. The number of benzene rings is 1. The first-order valence-electron chi connectivity index (χ1n) is 7.18. The molecule has 13 heteroatoms. The number of guanidine groups is 1. The normalized spacial score (nSPS) is 14.5. The number of hydrogen-bond acceptors (Lipinski definition) is 8. The number of nitrogens with zero attached hydrogens (tertiary/aromatic N) is 2. The fourth-order valence-corrected chi connectivity index (χ4v) is 3.70. The summed E-state index contributed by atoms with van der Waals surface area (Å²) in [6.07, 6.45) is 0.767. The molecule has 0 aromatic heterocycles. The Balaban J connectivity index is 2.40. The summed E-state index contributed by atoms with van der Waals surface area (Å²) in [5, 5.41) is 7.24. The number of ether oxygens (including phenoxy) is 1. The number of nitrogens with one attached hydrogen (secondary N) is 3. The van der Waals surface area contributed by atoms with Gasteiger partial charge in [-0.1, -0.05) is 11.6 Å². The van der Waals surface area contributed by atoms with E-state index in [1.54, 1.807) is 0 Å². The number of carbonyl (C=O) groups excluding carboxylic acids is 1. The van der Waals surface area contributed by atoms with Crippen LogP contribution in [-0.2, 0) is 9.84 Å². The van der Waals surface area contributed by atoms with Crippen LogP contribution in [0, 0.1) is 0 Å². The highest BCUT2D eigenvalue weighted by Gasteiger charge is 2.28. The molecule has 1 aliphatic rings. The summed E-state index contributed by atoms with van der Waals surface area (Å²) in [4.78, 5) is 11.8. The lowest BCUT2D eigenvalue weighted by atomic mass is 10.2. The lowest BCUT2D eigenvalue weighted by molar-refractivity contribution is -0.0517. The van der Waals surface area contributed by atoms with Crippen LogP contribution in [0.2, 0.25) is 5.02 Å². The van der Waals surface area contributed by atoms with Crippen molar-refractivity contribution in [2.75, 3.05) is 6.26 Å². The van der Waals surface area contributed by atoms with Gasteiger partial charge in [-0.25, -0.2) is 14.0 Å². The average molecular weight is 412 g/mol. The van der Waals surface area contributed by atoms with Gasteiger partial charge in [0.1, 0.15) is 10.6 Å². The summed E-state index contributed by atoms with van der Waals surface area (Å²) in [6, 6.07) is 1.95. The minimum Gasteiger partial charge on any atom is -0.433 e. The second-order valence-electron chi connectivity index (χ2n) is 5.48. The lowest BCUT2D eigenvalue weighted by Crippen LogP contribution is -2.51. The molecule has 26 heavy (non-hydrogen) atoms. The number of sulfone groups is 1. The first-order chi connectivity index (χ1) is 12.0. The van der Waals surface area contributed by atoms with E-state index in [0.29, 0.717) is 0 Å². The molecule has 3 N–H and O–H groups in total. The van der Waals surface area contributed by atoms with E-state index in [4.69, 9.17) is 11.6 Å². The van der Waals surface area contributed by atoms with Gasteiger partial charge in [0.15, 0.2) is 9.84 Å². The van der Waals surface area contributed by atoms with Crippen LogP contribution >= 0.6 is 11.6 Å². The van der Waals surface area contributed by atoms with Crippen molar-refractivity contribution in [3.8, 4) is 5.75 Å². The maximum Gasteiger partial charge on any atom is 0.387 e. The van der Waals surface area contributed by atoms with Crippen molar-refractivity contribution in [3.63, 3.8) is 0 Å². The Morgan fingerprint density at radius 3 is 2.58 bits per heavy atom. The summed E-state index contributed by atoms with van der Waals surface area (Å²) < 4.78 is 53.0. The minimum atomic E-state index is -4.05. The molecule has 0 spiro atoms. The van der Waals surface area contributed by atoms with Gasteiger partial charge in [0, 0.05) is 12.3 Å². The lowest BCUT2D eigenvalue weighted by Gasteiger charge is -2.23. The number of alkyl halides is 2. The number of hydrazine groups is 2. The van der Waals surface area contributed by atoms with E-state index in [2.05, 4.69) is 26.2 Å². The maximum atomic E-state index is 12.5. The van der Waals surface area contributed by atoms with Crippen molar-refractivity contribution in [3.05, 3.63) is 22.7 Å². The molecule has 0 saturated carbocycles. The molecule has 1 heterocycles. The van der Waals surface area contributed by atoms with E-state index >= 15 is 0 Å². The molecular weight excluding hydrogens is 396 g/mol. The topological polar surface area (TPSA) is 112 Å². The number of carbonyl (C=O) groups is 1. The third-order valence-electron chi connectivity index (χ3n) is 3.19. The van der Waals surface area contributed by atoms with Gasteiger partial charge in [-0.2, -0.15) is 8.78 Å². The molecule has 2 rings (SSSR count). The molecule has 0 radical (unpaired) electrons. The van der Waals surface area contributed by atoms with Crippen molar-refractivity contribution < 1.29 is 26.7 Å². The SMILES string of the molecule is CC(C)N1NNN=C1NC(=O)c1ccc(OC(F)F)c(S(C)(=O)=O)c1Cl. The van der Waals surface area contributed by atoms with Crippen molar-refractivity contribution in [1.29, 1.82) is 0 Å². The first-order valence-corrected chi connectivity index (χ1v) is 9.45. The van der Waals surface area contributed by atoms with E-state index < -0.39 is 38.0 Å². The van der Waals surface area contributed by atoms with Gasteiger partial charge < -0.3 is 4.74 Å². The zero-order valence-corrected chi connectivity index (χ0v) is 15.5. The summed E-state index contributed by atoms with van der Waals surface area (Å²) >= 11 is 6.01. The molecule has 9 nitrogen and oxygen atoms in total. The highest BCUT2D eigenvalue weighted by atomic mass is 35.5. The molecule has 144 valence electrons. The van der Waals surface area contributed by atoms with E-state index in [9.17, 15) is 22.0 Å². The fourth-order valence-electron chi connectivity index (χ4n) is 2.12. The number of rotatable bonds is 5. The Kier molecular flexibility index (Phi) is 5.88. The second kappa shape index (κ2) is 7.60. The van der Waals surface area contributed by atoms with Crippen LogP contribution in [0.15, 0.2) is 22.1 Å². The van der Waals surface area contributed by atoms with Crippen LogP contribution in [0.25, 0.3) is 0 Å². The zero-order valence-electron chi connectivity index (χ0n) is 13.9. The Hall–Kier alpha value is -2.18. The van der Waals surface area contributed by atoms with Gasteiger partial charge in [0.2, 0.25) is 5.96 Å². The van der Waals surface area contributed by atoms with E-state index in [-0.39, 0.29) is 17.6 Å². The van der Waals surface area contributed by atoms with Gasteiger partial charge in [0.25, 0.3) is 5.91 Å². The van der Waals surface area contributed by atoms with Crippen LogP contribution in [0.1, 0.15) is 24.2 Å². The average Bonchev–Trinajstić information content (AvgIpc) is 2.93. The molecule has 1 aromatic rings. The van der Waals surface area contributed by atoms with Gasteiger partial charge in [-0.05, 0) is 26.0 Å². The molecule has 1 aliphatic heterocycles. The summed E-state index contributed by atoms with van der Waals surface area (Å²) in [7, 11) is -4.05. The van der Waals surface area contributed by atoms with Gasteiger partial charge in [0.05, 0.1) is 10.6 Å². The van der Waals surface area contributed by atoms with Crippen molar-refractivity contribution in [1.82, 2.24) is 21.4 Å². The Bertz CT molecular complexity index is 847. The number of amides is 1. The van der Waals surface area contributed by atoms with E-state index in [1.165, 1.54) is 5.01 Å². The number of hydrazone groups is 1. The molecule has 0 aliphatic carbocycles. The van der Waals surface area contributed by atoms with Gasteiger partial charge in [-0.15, -0.1) is 10.6 Å². The Labute approximate surface area is 153 Å². The molecule has 0 unspecified atom stereocenters. The number of halogens is 3. The van der Waals surface area contributed by atoms with Crippen LogP contribution in [0.5, 0.6) is 5.75 Å². The third kappa shape index (κ3) is 4.31. The first kappa shape index (κ1) is 20.1. The second-order valence-corrected chi connectivity index (χ2v) is 7.81. The summed E-state index contributed by atoms with van der Waals surface area (Å²) in [6.45, 7) is 0.399. The molecule has 0 bridgehead atoms. The Morgan fingerprint density at radius 2 is 2.04 bits per heavy atom. The maximum absolute atomic E-state index is 12.5.